The van der Waals surface area contributed by atoms with Gasteiger partial charge < -0.3 is 14.6 Å². The summed E-state index contributed by atoms with van der Waals surface area (Å²) in [6.07, 6.45) is 1.92. The van der Waals surface area contributed by atoms with Crippen molar-refractivity contribution in [1.82, 2.24) is 9.88 Å². The summed E-state index contributed by atoms with van der Waals surface area (Å²) in [5.74, 6) is -4.31. The Morgan fingerprint density at radius 1 is 1.18 bits per heavy atom. The maximum atomic E-state index is 15.8. The fraction of sp³-hybridized carbons (Fsp3) is 0.448. The maximum absolute atomic E-state index is 15.8. The lowest BCUT2D eigenvalue weighted by atomic mass is 9.71. The minimum Gasteiger partial charge on any atom is -0.497 e. The number of likely N-dealkylation sites (tertiary alicyclic amines) is 1. The first-order chi connectivity index (χ1) is 18.6. The zero-order valence-electron chi connectivity index (χ0n) is 22.0. The quantitative estimate of drug-likeness (QED) is 0.221. The zero-order valence-corrected chi connectivity index (χ0v) is 22.0. The summed E-state index contributed by atoms with van der Waals surface area (Å²) in [6, 6.07) is 6.58. The van der Waals surface area contributed by atoms with Crippen LogP contribution in [0.1, 0.15) is 49.4 Å². The number of aliphatic carboxylic acids is 1. The van der Waals surface area contributed by atoms with E-state index < -0.39 is 40.8 Å². The first-order valence-corrected chi connectivity index (χ1v) is 12.9. The van der Waals surface area contributed by atoms with E-state index >= 15 is 4.39 Å². The molecule has 0 amide bonds. The summed E-state index contributed by atoms with van der Waals surface area (Å²) < 4.78 is 66.9. The monoisotopic (exact) mass is 548 g/mol. The van der Waals surface area contributed by atoms with Crippen LogP contribution in [0.2, 0.25) is 0 Å². The molecule has 3 aromatic rings. The third kappa shape index (κ3) is 6.79. The van der Waals surface area contributed by atoms with Crippen molar-refractivity contribution in [2.75, 3.05) is 33.4 Å². The second kappa shape index (κ2) is 12.2. The van der Waals surface area contributed by atoms with Crippen molar-refractivity contribution in [1.29, 1.82) is 0 Å². The minimum atomic E-state index is -1.32. The van der Waals surface area contributed by atoms with Crippen LogP contribution in [0.5, 0.6) is 11.5 Å². The van der Waals surface area contributed by atoms with Gasteiger partial charge in [0.05, 0.1) is 19.0 Å². The van der Waals surface area contributed by atoms with Gasteiger partial charge in [0, 0.05) is 30.3 Å². The van der Waals surface area contributed by atoms with Gasteiger partial charge in [-0.15, -0.1) is 0 Å². The maximum Gasteiger partial charge on any atom is 0.303 e. The number of pyridine rings is 1. The molecule has 0 radical (unpaired) electrons. The number of aryl methyl sites for hydroxylation is 1. The molecule has 1 atom stereocenters. The number of hydrogen-bond donors (Lipinski definition) is 1. The van der Waals surface area contributed by atoms with E-state index in [9.17, 15) is 23.1 Å². The van der Waals surface area contributed by atoms with Crippen LogP contribution < -0.4 is 9.47 Å². The number of hydrogen-bond acceptors (Lipinski definition) is 5. The van der Waals surface area contributed by atoms with Crippen LogP contribution in [0.25, 0.3) is 10.9 Å². The number of rotatable bonds is 11. The lowest BCUT2D eigenvalue weighted by molar-refractivity contribution is -0.141. The van der Waals surface area contributed by atoms with Crippen LogP contribution in [-0.2, 0) is 4.79 Å². The van der Waals surface area contributed by atoms with Gasteiger partial charge in [-0.3, -0.25) is 14.7 Å². The fourth-order valence-electron chi connectivity index (χ4n) is 5.42. The number of ether oxygens (including phenoxy) is 2. The number of aromatic nitrogens is 1. The average Bonchev–Trinajstić information content (AvgIpc) is 2.90. The Hall–Kier alpha value is -3.40. The molecule has 1 N–H and O–H groups in total. The van der Waals surface area contributed by atoms with Gasteiger partial charge in [-0.25, -0.2) is 13.2 Å². The highest BCUT2D eigenvalue weighted by atomic mass is 19.2. The molecule has 0 unspecified atom stereocenters. The predicted octanol–water partition coefficient (Wildman–Crippen LogP) is 6.40. The van der Waals surface area contributed by atoms with Crippen molar-refractivity contribution in [3.8, 4) is 11.5 Å². The number of alkyl halides is 1. The Kier molecular flexibility index (Phi) is 8.94. The zero-order chi connectivity index (χ0) is 28.2. The molecule has 1 saturated heterocycles. The second-order valence-electron chi connectivity index (χ2n) is 10.2. The molecule has 0 spiro atoms. The van der Waals surface area contributed by atoms with Gasteiger partial charge >= 0.3 is 5.97 Å². The number of fused-ring (bicyclic) bond motifs is 1. The van der Waals surface area contributed by atoms with Gasteiger partial charge in [-0.1, -0.05) is 0 Å². The van der Waals surface area contributed by atoms with Crippen LogP contribution >= 0.6 is 0 Å². The van der Waals surface area contributed by atoms with E-state index in [0.29, 0.717) is 67.2 Å². The van der Waals surface area contributed by atoms with Gasteiger partial charge in [-0.2, -0.15) is 4.39 Å². The largest absolute Gasteiger partial charge is 0.497 e. The summed E-state index contributed by atoms with van der Waals surface area (Å²) >= 11 is 0. The predicted molar refractivity (Wildman–Crippen MR) is 138 cm³/mol. The number of benzene rings is 2. The first kappa shape index (κ1) is 28.6. The Morgan fingerprint density at radius 2 is 1.92 bits per heavy atom. The van der Waals surface area contributed by atoms with Crippen LogP contribution in [0.15, 0.2) is 36.5 Å². The van der Waals surface area contributed by atoms with E-state index in [1.807, 2.05) is 11.8 Å². The van der Waals surface area contributed by atoms with Gasteiger partial charge in [0.2, 0.25) is 5.82 Å². The molecule has 2 heterocycles. The van der Waals surface area contributed by atoms with Crippen molar-refractivity contribution in [3.05, 3.63) is 65.1 Å². The van der Waals surface area contributed by atoms with Crippen LogP contribution in [-0.4, -0.2) is 54.3 Å². The summed E-state index contributed by atoms with van der Waals surface area (Å²) in [5, 5.41) is 10.3. The summed E-state index contributed by atoms with van der Waals surface area (Å²) in [7, 11) is 1.55. The van der Waals surface area contributed by atoms with E-state index in [0.717, 1.165) is 11.6 Å². The third-order valence-corrected chi connectivity index (χ3v) is 7.62. The molecule has 0 aliphatic carbocycles. The normalized spacial score (nSPS) is 16.3. The Labute approximate surface area is 224 Å². The Balaban J connectivity index is 1.39. The lowest BCUT2D eigenvalue weighted by Crippen LogP contribution is -2.42. The molecule has 1 aliphatic heterocycles. The molecule has 0 saturated carbocycles. The van der Waals surface area contributed by atoms with Crippen LogP contribution in [0.4, 0.5) is 17.6 Å². The molecule has 39 heavy (non-hydrogen) atoms. The SMILES string of the molecule is COc1ccc2ncc(C)c([C@H](F)CCC3(CC(=O)O)CCN(CCOc4cc(F)cc(F)c4F)CC3)c2c1. The number of piperidine rings is 1. The van der Waals surface area contributed by atoms with Gasteiger partial charge in [0.25, 0.3) is 0 Å². The topological polar surface area (TPSA) is 71.9 Å². The van der Waals surface area contributed by atoms with Gasteiger partial charge in [-0.05, 0) is 80.4 Å². The average molecular weight is 549 g/mol. The van der Waals surface area contributed by atoms with Crippen molar-refractivity contribution in [3.63, 3.8) is 0 Å². The number of methoxy groups -OCH3 is 1. The van der Waals surface area contributed by atoms with Gasteiger partial charge in [0.1, 0.15) is 24.3 Å². The molecule has 1 fully saturated rings. The van der Waals surface area contributed by atoms with Crippen molar-refractivity contribution >= 4 is 16.9 Å². The molecule has 2 aromatic carbocycles. The Morgan fingerprint density at radius 3 is 2.62 bits per heavy atom. The van der Waals surface area contributed by atoms with Gasteiger partial charge in [0.15, 0.2) is 11.6 Å². The van der Waals surface area contributed by atoms with Crippen molar-refractivity contribution < 1.29 is 36.9 Å². The van der Waals surface area contributed by atoms with E-state index in [4.69, 9.17) is 9.47 Å². The van der Waals surface area contributed by atoms with Crippen molar-refractivity contribution in [2.24, 2.45) is 5.41 Å². The van der Waals surface area contributed by atoms with E-state index in [1.165, 1.54) is 0 Å². The first-order valence-electron chi connectivity index (χ1n) is 12.9. The molecule has 1 aliphatic rings. The highest BCUT2D eigenvalue weighted by Crippen LogP contribution is 2.43. The minimum absolute atomic E-state index is 0.0101. The molecule has 4 rings (SSSR count). The lowest BCUT2D eigenvalue weighted by Gasteiger charge is -2.41. The number of carboxylic acid groups (broad SMARTS) is 1. The summed E-state index contributed by atoms with van der Waals surface area (Å²) in [4.78, 5) is 18.2. The molecule has 210 valence electrons. The molecular formula is C29H32F4N2O4. The molecular weight excluding hydrogens is 516 g/mol. The number of carboxylic acids is 1. The van der Waals surface area contributed by atoms with E-state index in [2.05, 4.69) is 4.98 Å². The standard InChI is InChI=1S/C29H32F4N2O4/c1-18-17-34-24-4-3-20(38-2)15-21(24)27(18)22(31)5-6-29(16-26(36)37)7-9-35(10-8-29)11-12-39-25-14-19(30)13-23(32)28(25)33/h3-4,13-15,17,22H,5-12,16H2,1-2H3,(H,36,37)/t22-/m1/s1. The molecule has 6 nitrogen and oxygen atoms in total. The number of halogens is 4. The number of nitrogens with zero attached hydrogens (tertiary/aromatic N) is 2. The molecule has 0 bridgehead atoms. The number of carbonyl (C=O) groups is 1. The Bertz CT molecular complexity index is 1330. The smallest absolute Gasteiger partial charge is 0.303 e. The molecule has 1 aromatic heterocycles. The molecule has 10 heteroatoms. The van der Waals surface area contributed by atoms with E-state index in [1.54, 1.807) is 31.5 Å². The van der Waals surface area contributed by atoms with Crippen LogP contribution in [0.3, 0.4) is 0 Å². The van der Waals surface area contributed by atoms with Crippen LogP contribution in [0, 0.1) is 29.8 Å². The highest BCUT2D eigenvalue weighted by Gasteiger charge is 2.37. The van der Waals surface area contributed by atoms with Crippen molar-refractivity contribution in [2.45, 2.75) is 45.2 Å². The van der Waals surface area contributed by atoms with E-state index in [-0.39, 0.29) is 19.4 Å². The fourth-order valence-corrected chi connectivity index (χ4v) is 5.42. The third-order valence-electron chi connectivity index (χ3n) is 7.62. The second-order valence-corrected chi connectivity index (χ2v) is 10.2. The summed E-state index contributed by atoms with van der Waals surface area (Å²) in [5.41, 5.74) is 1.36. The summed E-state index contributed by atoms with van der Waals surface area (Å²) in [6.45, 7) is 3.28. The highest BCUT2D eigenvalue weighted by molar-refractivity contribution is 5.85.